The Hall–Kier alpha value is -2.79. The molecule has 0 fully saturated rings. The number of amides is 1. The number of rotatable bonds is 4. The highest BCUT2D eigenvalue weighted by molar-refractivity contribution is 6.33. The maximum absolute atomic E-state index is 12.5. The number of hydrogen-bond donors (Lipinski definition) is 1. The third kappa shape index (κ3) is 3.58. The van der Waals surface area contributed by atoms with Gasteiger partial charge in [-0.05, 0) is 55.3 Å². The Bertz CT molecular complexity index is 1010. The van der Waals surface area contributed by atoms with Gasteiger partial charge in [0, 0.05) is 10.9 Å². The third-order valence-electron chi connectivity index (χ3n) is 4.28. The van der Waals surface area contributed by atoms with Crippen LogP contribution < -0.4 is 5.32 Å². The van der Waals surface area contributed by atoms with E-state index in [2.05, 4.69) is 10.1 Å². The number of carbonyl (C=O) groups is 2. The maximum Gasteiger partial charge on any atom is 0.337 e. The number of carbonyl (C=O) groups excluding carboxylic acids is 2. The molecule has 1 amide bonds. The van der Waals surface area contributed by atoms with Crippen LogP contribution in [-0.2, 0) is 16.0 Å². The molecule has 3 aromatic rings. The Kier molecular flexibility index (Phi) is 5.00. The molecular weight excluding hydrogens is 354 g/mol. The van der Waals surface area contributed by atoms with Crippen LogP contribution in [0.15, 0.2) is 41.0 Å². The summed E-state index contributed by atoms with van der Waals surface area (Å²) in [5.41, 5.74) is 4.48. The molecular formula is C20H18ClNO4. The Morgan fingerprint density at radius 1 is 1.15 bits per heavy atom. The van der Waals surface area contributed by atoms with Gasteiger partial charge >= 0.3 is 5.97 Å². The van der Waals surface area contributed by atoms with Crippen LogP contribution in [0, 0.1) is 13.8 Å². The number of furan rings is 1. The molecule has 1 heterocycles. The normalized spacial score (nSPS) is 10.8. The SMILES string of the molecule is COC(=O)c1ccc(Cl)c(NC(=O)Cc2coc3cc(C)c(C)cc23)c1. The van der Waals surface area contributed by atoms with Crippen molar-refractivity contribution in [2.45, 2.75) is 20.3 Å². The Labute approximate surface area is 155 Å². The number of benzene rings is 2. The second kappa shape index (κ2) is 7.22. The molecule has 5 nitrogen and oxygen atoms in total. The molecule has 0 saturated heterocycles. The van der Waals surface area contributed by atoms with Crippen molar-refractivity contribution in [3.63, 3.8) is 0 Å². The molecule has 0 aliphatic heterocycles. The van der Waals surface area contributed by atoms with Crippen molar-refractivity contribution in [1.82, 2.24) is 0 Å². The number of ether oxygens (including phenoxy) is 1. The Balaban J connectivity index is 1.82. The van der Waals surface area contributed by atoms with E-state index in [9.17, 15) is 9.59 Å². The largest absolute Gasteiger partial charge is 0.465 e. The van der Waals surface area contributed by atoms with Gasteiger partial charge in [-0.2, -0.15) is 0 Å². The van der Waals surface area contributed by atoms with Crippen LogP contribution in [0.5, 0.6) is 0 Å². The molecule has 1 N–H and O–H groups in total. The van der Waals surface area contributed by atoms with Crippen molar-refractivity contribution in [3.8, 4) is 0 Å². The summed E-state index contributed by atoms with van der Waals surface area (Å²) in [6.07, 6.45) is 1.73. The number of hydrogen-bond acceptors (Lipinski definition) is 4. The minimum Gasteiger partial charge on any atom is -0.465 e. The smallest absolute Gasteiger partial charge is 0.337 e. The predicted octanol–water partition coefficient (Wildman–Crippen LogP) is 4.67. The topological polar surface area (TPSA) is 68.5 Å². The number of esters is 1. The van der Waals surface area contributed by atoms with Gasteiger partial charge in [0.1, 0.15) is 5.58 Å². The van der Waals surface area contributed by atoms with Gasteiger partial charge in [-0.25, -0.2) is 4.79 Å². The first-order chi connectivity index (χ1) is 12.4. The van der Waals surface area contributed by atoms with Crippen LogP contribution in [0.1, 0.15) is 27.0 Å². The van der Waals surface area contributed by atoms with Gasteiger partial charge in [0.25, 0.3) is 0 Å². The molecule has 3 rings (SSSR count). The summed E-state index contributed by atoms with van der Waals surface area (Å²) < 4.78 is 10.2. The lowest BCUT2D eigenvalue weighted by Gasteiger charge is -2.09. The lowest BCUT2D eigenvalue weighted by molar-refractivity contribution is -0.115. The van der Waals surface area contributed by atoms with Crippen LogP contribution in [-0.4, -0.2) is 19.0 Å². The highest BCUT2D eigenvalue weighted by atomic mass is 35.5. The molecule has 6 heteroatoms. The first kappa shape index (κ1) is 18.0. The number of halogens is 1. The van der Waals surface area contributed by atoms with E-state index in [1.54, 1.807) is 18.4 Å². The number of aryl methyl sites for hydroxylation is 2. The summed E-state index contributed by atoms with van der Waals surface area (Å²) >= 11 is 6.12. The van der Waals surface area contributed by atoms with Crippen LogP contribution in [0.4, 0.5) is 5.69 Å². The predicted molar refractivity (Wildman–Crippen MR) is 101 cm³/mol. The van der Waals surface area contributed by atoms with Crippen molar-refractivity contribution in [1.29, 1.82) is 0 Å². The third-order valence-corrected chi connectivity index (χ3v) is 4.61. The molecule has 0 aliphatic carbocycles. The number of fused-ring (bicyclic) bond motifs is 1. The highest BCUT2D eigenvalue weighted by Gasteiger charge is 2.14. The van der Waals surface area contributed by atoms with E-state index in [-0.39, 0.29) is 12.3 Å². The van der Waals surface area contributed by atoms with E-state index < -0.39 is 5.97 Å². The van der Waals surface area contributed by atoms with Crippen LogP contribution in [0.25, 0.3) is 11.0 Å². The maximum atomic E-state index is 12.5. The van der Waals surface area contributed by atoms with Crippen molar-refractivity contribution in [3.05, 3.63) is 63.9 Å². The lowest BCUT2D eigenvalue weighted by Crippen LogP contribution is -2.15. The van der Waals surface area contributed by atoms with Gasteiger partial charge in [0.2, 0.25) is 5.91 Å². The molecule has 0 atom stereocenters. The Morgan fingerprint density at radius 3 is 2.62 bits per heavy atom. The van der Waals surface area contributed by atoms with Gasteiger partial charge in [-0.1, -0.05) is 11.6 Å². The number of methoxy groups -OCH3 is 1. The monoisotopic (exact) mass is 371 g/mol. The zero-order chi connectivity index (χ0) is 18.8. The first-order valence-electron chi connectivity index (χ1n) is 8.04. The average molecular weight is 372 g/mol. The summed E-state index contributed by atoms with van der Waals surface area (Å²) in [4.78, 5) is 24.1. The van der Waals surface area contributed by atoms with E-state index in [0.29, 0.717) is 16.3 Å². The van der Waals surface area contributed by atoms with E-state index in [0.717, 1.165) is 27.7 Å². The van der Waals surface area contributed by atoms with Crippen molar-refractivity contribution >= 4 is 40.1 Å². The summed E-state index contributed by atoms with van der Waals surface area (Å²) in [5, 5.41) is 3.99. The highest BCUT2D eigenvalue weighted by Crippen LogP contribution is 2.27. The molecule has 26 heavy (non-hydrogen) atoms. The molecule has 0 saturated carbocycles. The van der Waals surface area contributed by atoms with Gasteiger partial charge in [0.15, 0.2) is 0 Å². The van der Waals surface area contributed by atoms with Gasteiger partial charge < -0.3 is 14.5 Å². The van der Waals surface area contributed by atoms with E-state index in [4.69, 9.17) is 16.0 Å². The van der Waals surface area contributed by atoms with Crippen molar-refractivity contribution < 1.29 is 18.7 Å². The molecule has 0 unspecified atom stereocenters. The Morgan fingerprint density at radius 2 is 1.88 bits per heavy atom. The van der Waals surface area contributed by atoms with Crippen LogP contribution >= 0.6 is 11.6 Å². The van der Waals surface area contributed by atoms with Gasteiger partial charge in [0.05, 0.1) is 36.1 Å². The summed E-state index contributed by atoms with van der Waals surface area (Å²) in [5.74, 6) is -0.751. The van der Waals surface area contributed by atoms with Crippen molar-refractivity contribution in [2.24, 2.45) is 0 Å². The van der Waals surface area contributed by atoms with E-state index >= 15 is 0 Å². The zero-order valence-corrected chi connectivity index (χ0v) is 15.4. The van der Waals surface area contributed by atoms with Crippen LogP contribution in [0.2, 0.25) is 5.02 Å². The second-order valence-corrected chi connectivity index (χ2v) is 6.51. The van der Waals surface area contributed by atoms with Crippen molar-refractivity contribution in [2.75, 3.05) is 12.4 Å². The fourth-order valence-corrected chi connectivity index (χ4v) is 2.87. The lowest BCUT2D eigenvalue weighted by atomic mass is 10.0. The zero-order valence-electron chi connectivity index (χ0n) is 14.7. The fourth-order valence-electron chi connectivity index (χ4n) is 2.71. The molecule has 1 aromatic heterocycles. The molecule has 0 spiro atoms. The van der Waals surface area contributed by atoms with Gasteiger partial charge in [-0.3, -0.25) is 4.79 Å². The minimum atomic E-state index is -0.496. The summed E-state index contributed by atoms with van der Waals surface area (Å²) in [7, 11) is 1.29. The van der Waals surface area contributed by atoms with Crippen LogP contribution in [0.3, 0.4) is 0 Å². The fraction of sp³-hybridized carbons (Fsp3) is 0.200. The molecule has 0 radical (unpaired) electrons. The second-order valence-electron chi connectivity index (χ2n) is 6.10. The number of nitrogens with one attached hydrogen (secondary N) is 1. The van der Waals surface area contributed by atoms with E-state index in [1.165, 1.54) is 13.2 Å². The standard InChI is InChI=1S/C20H18ClNO4/c1-11-6-15-14(10-26-18(15)7-12(11)2)9-19(23)22-17-8-13(20(24)25-3)4-5-16(17)21/h4-8,10H,9H2,1-3H3,(H,22,23). The summed E-state index contributed by atoms with van der Waals surface area (Å²) in [6.45, 7) is 4.03. The first-order valence-corrected chi connectivity index (χ1v) is 8.42. The molecule has 134 valence electrons. The van der Waals surface area contributed by atoms with Gasteiger partial charge in [-0.15, -0.1) is 0 Å². The van der Waals surface area contributed by atoms with E-state index in [1.807, 2.05) is 26.0 Å². The minimum absolute atomic E-state index is 0.133. The molecule has 0 bridgehead atoms. The molecule has 0 aliphatic rings. The number of anilines is 1. The molecule has 2 aromatic carbocycles. The quantitative estimate of drug-likeness (QED) is 0.676. The average Bonchev–Trinajstić information content (AvgIpc) is 2.98. The summed E-state index contributed by atoms with van der Waals surface area (Å²) in [6, 6.07) is 8.55.